The van der Waals surface area contributed by atoms with Gasteiger partial charge in [0, 0.05) is 17.8 Å². The normalized spacial score (nSPS) is 10.9. The molecule has 0 spiro atoms. The molecule has 0 aromatic heterocycles. The number of nitrogens with one attached hydrogen (secondary N) is 1. The van der Waals surface area contributed by atoms with E-state index in [4.69, 9.17) is 9.47 Å². The molecule has 28 heavy (non-hydrogen) atoms. The highest BCUT2D eigenvalue weighted by atomic mass is 16.6. The lowest BCUT2D eigenvalue weighted by atomic mass is 10.1. The molecule has 6 heteroatoms. The van der Waals surface area contributed by atoms with Crippen LogP contribution < -0.4 is 10.1 Å². The fourth-order valence-corrected chi connectivity index (χ4v) is 2.58. The fourth-order valence-electron chi connectivity index (χ4n) is 2.58. The molecule has 0 saturated carbocycles. The van der Waals surface area contributed by atoms with Gasteiger partial charge in [-0.3, -0.25) is 4.79 Å². The first-order chi connectivity index (χ1) is 13.2. The number of carbonyl (C=O) groups is 2. The molecule has 2 rings (SSSR count). The third-order valence-corrected chi connectivity index (χ3v) is 3.99. The third kappa shape index (κ3) is 6.01. The zero-order valence-electron chi connectivity index (χ0n) is 17.1. The second-order valence-electron chi connectivity index (χ2n) is 7.34. The smallest absolute Gasteiger partial charge is 0.410 e. The van der Waals surface area contributed by atoms with Gasteiger partial charge in [0.15, 0.2) is 0 Å². The highest BCUT2D eigenvalue weighted by Gasteiger charge is 2.22. The first-order valence-electron chi connectivity index (χ1n) is 9.24. The molecule has 2 aromatic rings. The van der Waals surface area contributed by atoms with Crippen molar-refractivity contribution in [3.05, 3.63) is 59.7 Å². The van der Waals surface area contributed by atoms with Crippen molar-refractivity contribution in [2.75, 3.05) is 19.0 Å². The number of hydrogen-bond donors (Lipinski definition) is 1. The molecule has 0 heterocycles. The Labute approximate surface area is 166 Å². The van der Waals surface area contributed by atoms with Crippen molar-refractivity contribution in [1.82, 2.24) is 4.90 Å². The first-order valence-corrected chi connectivity index (χ1v) is 9.24. The van der Waals surface area contributed by atoms with E-state index >= 15 is 0 Å². The number of amides is 2. The zero-order chi connectivity index (χ0) is 20.7. The summed E-state index contributed by atoms with van der Waals surface area (Å²) in [5.74, 6) is 0.370. The summed E-state index contributed by atoms with van der Waals surface area (Å²) in [5, 5.41) is 2.92. The molecule has 0 saturated heterocycles. The van der Waals surface area contributed by atoms with Crippen molar-refractivity contribution < 1.29 is 19.1 Å². The van der Waals surface area contributed by atoms with Gasteiger partial charge in [0.1, 0.15) is 11.4 Å². The van der Waals surface area contributed by atoms with Gasteiger partial charge in [0.05, 0.1) is 13.7 Å². The molecule has 0 bridgehead atoms. The van der Waals surface area contributed by atoms with E-state index in [9.17, 15) is 9.59 Å². The van der Waals surface area contributed by atoms with Gasteiger partial charge in [0.25, 0.3) is 5.91 Å². The fraction of sp³-hybridized carbons (Fsp3) is 0.364. The number of methoxy groups -OCH3 is 1. The van der Waals surface area contributed by atoms with E-state index in [2.05, 4.69) is 5.32 Å². The van der Waals surface area contributed by atoms with Gasteiger partial charge in [-0.1, -0.05) is 24.3 Å². The zero-order valence-corrected chi connectivity index (χ0v) is 17.1. The van der Waals surface area contributed by atoms with E-state index in [1.165, 1.54) is 0 Å². The van der Waals surface area contributed by atoms with Crippen molar-refractivity contribution in [1.29, 1.82) is 0 Å². The lowest BCUT2D eigenvalue weighted by Gasteiger charge is -2.27. The maximum atomic E-state index is 12.6. The Morgan fingerprint density at radius 2 is 1.79 bits per heavy atom. The average Bonchev–Trinajstić information content (AvgIpc) is 2.65. The van der Waals surface area contributed by atoms with Crippen LogP contribution >= 0.6 is 0 Å². The Morgan fingerprint density at radius 3 is 2.43 bits per heavy atom. The number of carbonyl (C=O) groups excluding carboxylic acids is 2. The molecule has 0 aliphatic carbocycles. The quantitative estimate of drug-likeness (QED) is 0.783. The van der Waals surface area contributed by atoms with Crippen molar-refractivity contribution in [2.45, 2.75) is 39.8 Å². The van der Waals surface area contributed by atoms with Gasteiger partial charge in [-0.15, -0.1) is 0 Å². The van der Waals surface area contributed by atoms with E-state index in [1.807, 2.05) is 52.0 Å². The number of benzene rings is 2. The second-order valence-corrected chi connectivity index (χ2v) is 7.34. The molecule has 0 atom stereocenters. The van der Waals surface area contributed by atoms with Crippen LogP contribution in [0.3, 0.4) is 0 Å². The summed E-state index contributed by atoms with van der Waals surface area (Å²) in [4.78, 5) is 26.7. The van der Waals surface area contributed by atoms with E-state index in [0.717, 1.165) is 5.56 Å². The molecular weight excluding hydrogens is 356 g/mol. The second kappa shape index (κ2) is 9.26. The largest absolute Gasteiger partial charge is 0.497 e. The number of hydrogen-bond acceptors (Lipinski definition) is 4. The molecule has 0 aliphatic rings. The predicted octanol–water partition coefficient (Wildman–Crippen LogP) is 4.70. The molecule has 0 radical (unpaired) electrons. The van der Waals surface area contributed by atoms with E-state index in [1.54, 1.807) is 36.3 Å². The minimum atomic E-state index is -0.565. The Bertz CT molecular complexity index is 827. The van der Waals surface area contributed by atoms with Gasteiger partial charge in [0.2, 0.25) is 0 Å². The summed E-state index contributed by atoms with van der Waals surface area (Å²) >= 11 is 0. The Kier molecular flexibility index (Phi) is 7.04. The monoisotopic (exact) mass is 384 g/mol. The predicted molar refractivity (Wildman–Crippen MR) is 110 cm³/mol. The van der Waals surface area contributed by atoms with Crippen molar-refractivity contribution in [3.63, 3.8) is 0 Å². The summed E-state index contributed by atoms with van der Waals surface area (Å²) in [6, 6.07) is 14.4. The van der Waals surface area contributed by atoms with Crippen molar-refractivity contribution in [2.24, 2.45) is 0 Å². The van der Waals surface area contributed by atoms with Gasteiger partial charge < -0.3 is 19.7 Å². The molecule has 6 nitrogen and oxygen atoms in total. The highest BCUT2D eigenvalue weighted by molar-refractivity contribution is 6.04. The summed E-state index contributed by atoms with van der Waals surface area (Å²) in [7, 11) is 1.56. The van der Waals surface area contributed by atoms with Crippen LogP contribution in [0.1, 0.15) is 43.6 Å². The lowest BCUT2D eigenvalue weighted by molar-refractivity contribution is 0.0245. The molecule has 0 unspecified atom stereocenters. The third-order valence-electron chi connectivity index (χ3n) is 3.99. The lowest BCUT2D eigenvalue weighted by Crippen LogP contribution is -2.36. The van der Waals surface area contributed by atoms with Crippen LogP contribution in [-0.2, 0) is 11.3 Å². The van der Waals surface area contributed by atoms with E-state index in [0.29, 0.717) is 30.1 Å². The standard InChI is InChI=1S/C22H28N2O4/c1-6-24(21(26)28-22(2,3)4)15-17-10-7-8-13-19(17)23-20(25)16-11-9-12-18(14-16)27-5/h7-14H,6,15H2,1-5H3,(H,23,25). The maximum Gasteiger partial charge on any atom is 0.410 e. The molecular formula is C22H28N2O4. The number of ether oxygens (including phenoxy) is 2. The Balaban J connectivity index is 2.17. The number of nitrogens with zero attached hydrogens (tertiary/aromatic N) is 1. The van der Waals surface area contributed by atoms with E-state index < -0.39 is 5.60 Å². The van der Waals surface area contributed by atoms with Crippen LogP contribution in [0, 0.1) is 0 Å². The SMILES string of the molecule is CCN(Cc1ccccc1NC(=O)c1cccc(OC)c1)C(=O)OC(C)(C)C. The van der Waals surface area contributed by atoms with Gasteiger partial charge in [-0.25, -0.2) is 4.79 Å². The first kappa shape index (κ1) is 21.3. The van der Waals surface area contributed by atoms with Crippen molar-refractivity contribution >= 4 is 17.7 Å². The number of para-hydroxylation sites is 1. The summed E-state index contributed by atoms with van der Waals surface area (Å²) in [6.45, 7) is 8.22. The minimum Gasteiger partial charge on any atom is -0.497 e. The molecule has 0 aliphatic heterocycles. The molecule has 0 fully saturated rings. The summed E-state index contributed by atoms with van der Waals surface area (Å²) < 4.78 is 10.6. The molecule has 2 amide bonds. The highest BCUT2D eigenvalue weighted by Crippen LogP contribution is 2.21. The number of rotatable bonds is 6. The van der Waals surface area contributed by atoms with Crippen LogP contribution in [0.25, 0.3) is 0 Å². The Morgan fingerprint density at radius 1 is 1.07 bits per heavy atom. The minimum absolute atomic E-state index is 0.244. The molecule has 1 N–H and O–H groups in total. The molecule has 150 valence electrons. The van der Waals surface area contributed by atoms with Gasteiger partial charge in [-0.2, -0.15) is 0 Å². The topological polar surface area (TPSA) is 67.9 Å². The summed E-state index contributed by atoms with van der Waals surface area (Å²) in [5.41, 5.74) is 1.40. The Hall–Kier alpha value is -3.02. The van der Waals surface area contributed by atoms with Crippen LogP contribution in [-0.4, -0.2) is 36.2 Å². The van der Waals surface area contributed by atoms with Crippen LogP contribution in [0.4, 0.5) is 10.5 Å². The van der Waals surface area contributed by atoms with Crippen molar-refractivity contribution in [3.8, 4) is 5.75 Å². The maximum absolute atomic E-state index is 12.6. The van der Waals surface area contributed by atoms with Gasteiger partial charge in [-0.05, 0) is 57.5 Å². The number of anilines is 1. The van der Waals surface area contributed by atoms with E-state index in [-0.39, 0.29) is 12.0 Å². The summed E-state index contributed by atoms with van der Waals surface area (Å²) in [6.07, 6.45) is -0.385. The van der Waals surface area contributed by atoms with Crippen LogP contribution in [0.5, 0.6) is 5.75 Å². The average molecular weight is 384 g/mol. The van der Waals surface area contributed by atoms with Gasteiger partial charge >= 0.3 is 6.09 Å². The molecule has 2 aromatic carbocycles. The van der Waals surface area contributed by atoms with Crippen LogP contribution in [0.15, 0.2) is 48.5 Å². The van der Waals surface area contributed by atoms with Crippen LogP contribution in [0.2, 0.25) is 0 Å².